The van der Waals surface area contributed by atoms with E-state index in [1.54, 1.807) is 24.1 Å². The minimum absolute atomic E-state index is 0.118. The fourth-order valence-corrected chi connectivity index (χ4v) is 4.75. The van der Waals surface area contributed by atoms with Gasteiger partial charge >= 0.3 is 0 Å². The zero-order valence-electron chi connectivity index (χ0n) is 19.1. The van der Waals surface area contributed by atoms with Gasteiger partial charge in [-0.15, -0.1) is 0 Å². The van der Waals surface area contributed by atoms with E-state index in [0.717, 1.165) is 35.2 Å². The number of piperidine rings is 1. The standard InChI is InChI=1S/C26H28FN3O3/c1-3-4-17-13-18-14-20(5-6-21(18)23(17)31)30-11-12-33-22-15-19(16-28-24(22)30)25(32)29-9-7-26(2,27)8-10-29/h5-6,13-16H,3-4,7-12H2,1-2H3. The van der Waals surface area contributed by atoms with Crippen LogP contribution in [0.3, 0.4) is 0 Å². The van der Waals surface area contributed by atoms with Crippen molar-refractivity contribution < 1.29 is 18.7 Å². The molecule has 0 spiro atoms. The lowest BCUT2D eigenvalue weighted by Crippen LogP contribution is -2.43. The molecule has 1 aromatic heterocycles. The molecule has 1 fully saturated rings. The van der Waals surface area contributed by atoms with E-state index in [1.165, 1.54) is 0 Å². The van der Waals surface area contributed by atoms with Gasteiger partial charge in [0.15, 0.2) is 17.4 Å². The topological polar surface area (TPSA) is 62.7 Å². The van der Waals surface area contributed by atoms with Gasteiger partial charge in [0.2, 0.25) is 0 Å². The molecule has 0 radical (unpaired) electrons. The molecule has 7 heteroatoms. The van der Waals surface area contributed by atoms with Crippen LogP contribution in [0.4, 0.5) is 15.9 Å². The fourth-order valence-electron chi connectivity index (χ4n) is 4.75. The van der Waals surface area contributed by atoms with Crippen LogP contribution in [0.15, 0.2) is 36.0 Å². The van der Waals surface area contributed by atoms with Gasteiger partial charge in [-0.05, 0) is 62.1 Å². The Labute approximate surface area is 193 Å². The summed E-state index contributed by atoms with van der Waals surface area (Å²) >= 11 is 0. The molecule has 0 N–H and O–H groups in total. The number of carbonyl (C=O) groups is 2. The maximum atomic E-state index is 14.1. The van der Waals surface area contributed by atoms with Crippen molar-refractivity contribution in [1.82, 2.24) is 9.88 Å². The van der Waals surface area contributed by atoms with Crippen LogP contribution < -0.4 is 9.64 Å². The number of anilines is 2. The lowest BCUT2D eigenvalue weighted by Gasteiger charge is -2.34. The normalized spacial score (nSPS) is 19.0. The number of ether oxygens (including phenoxy) is 1. The van der Waals surface area contributed by atoms with Gasteiger partial charge in [-0.25, -0.2) is 9.37 Å². The average molecular weight is 450 g/mol. The number of hydrogen-bond donors (Lipinski definition) is 0. The van der Waals surface area contributed by atoms with Crippen molar-refractivity contribution in [3.63, 3.8) is 0 Å². The van der Waals surface area contributed by atoms with Gasteiger partial charge < -0.3 is 14.5 Å². The maximum absolute atomic E-state index is 14.1. The van der Waals surface area contributed by atoms with E-state index in [2.05, 4.69) is 16.8 Å². The molecule has 3 heterocycles. The molecule has 0 unspecified atom stereocenters. The lowest BCUT2D eigenvalue weighted by atomic mass is 9.95. The number of pyridine rings is 1. The summed E-state index contributed by atoms with van der Waals surface area (Å²) in [5.74, 6) is 1.17. The summed E-state index contributed by atoms with van der Waals surface area (Å²) in [5, 5.41) is 0. The third-order valence-electron chi connectivity index (χ3n) is 6.73. The molecule has 5 rings (SSSR count). The van der Waals surface area contributed by atoms with Crippen molar-refractivity contribution in [1.29, 1.82) is 0 Å². The van der Waals surface area contributed by atoms with Crippen LogP contribution in [0, 0.1) is 0 Å². The number of aromatic nitrogens is 1. The van der Waals surface area contributed by atoms with Gasteiger partial charge in [-0.1, -0.05) is 13.3 Å². The average Bonchev–Trinajstić information content (AvgIpc) is 3.12. The van der Waals surface area contributed by atoms with Crippen molar-refractivity contribution in [3.05, 3.63) is 52.7 Å². The number of likely N-dealkylation sites (tertiary alicyclic amines) is 1. The highest BCUT2D eigenvalue weighted by atomic mass is 19.1. The van der Waals surface area contributed by atoms with Crippen molar-refractivity contribution in [3.8, 4) is 5.75 Å². The first-order valence-corrected chi connectivity index (χ1v) is 11.6. The third-order valence-corrected chi connectivity index (χ3v) is 6.73. The molecule has 1 saturated heterocycles. The van der Waals surface area contributed by atoms with Gasteiger partial charge in [0.05, 0.1) is 12.1 Å². The first-order valence-electron chi connectivity index (χ1n) is 11.6. The Bertz CT molecular complexity index is 1150. The highest BCUT2D eigenvalue weighted by molar-refractivity contribution is 6.18. The lowest BCUT2D eigenvalue weighted by molar-refractivity contribution is 0.0503. The van der Waals surface area contributed by atoms with Crippen LogP contribution >= 0.6 is 0 Å². The van der Waals surface area contributed by atoms with Crippen LogP contribution in [-0.4, -0.2) is 53.5 Å². The molecule has 6 nitrogen and oxygen atoms in total. The monoisotopic (exact) mass is 449 g/mol. The van der Waals surface area contributed by atoms with Crippen LogP contribution in [-0.2, 0) is 0 Å². The summed E-state index contributed by atoms with van der Waals surface area (Å²) in [7, 11) is 0. The summed E-state index contributed by atoms with van der Waals surface area (Å²) < 4.78 is 19.9. The molecular formula is C26H28FN3O3. The second-order valence-corrected chi connectivity index (χ2v) is 9.27. The molecule has 172 valence electrons. The van der Waals surface area contributed by atoms with Crippen LogP contribution in [0.1, 0.15) is 65.8 Å². The number of Topliss-reactive ketones (excluding diaryl/α,β-unsaturated/α-hetero) is 1. The SMILES string of the molecule is CCCC1=Cc2cc(N3CCOc4cc(C(=O)N5CCC(C)(F)CC5)cnc43)ccc2C1=O. The predicted molar refractivity (Wildman–Crippen MR) is 125 cm³/mol. The Hall–Kier alpha value is -3.22. The Morgan fingerprint density at radius 3 is 2.76 bits per heavy atom. The van der Waals surface area contributed by atoms with Gasteiger partial charge in [-0.2, -0.15) is 0 Å². The first-order chi connectivity index (χ1) is 15.9. The summed E-state index contributed by atoms with van der Waals surface area (Å²) in [4.78, 5) is 33.8. The van der Waals surface area contributed by atoms with Gasteiger partial charge in [0.1, 0.15) is 12.3 Å². The molecule has 1 aliphatic carbocycles. The molecule has 2 aliphatic heterocycles. The first kappa shape index (κ1) is 21.6. The van der Waals surface area contributed by atoms with E-state index in [1.807, 2.05) is 24.3 Å². The number of ketones is 1. The molecule has 33 heavy (non-hydrogen) atoms. The Morgan fingerprint density at radius 1 is 1.21 bits per heavy atom. The molecule has 2 aromatic rings. The van der Waals surface area contributed by atoms with Crippen molar-refractivity contribution >= 4 is 29.3 Å². The van der Waals surface area contributed by atoms with E-state index < -0.39 is 5.67 Å². The number of allylic oxidation sites excluding steroid dienone is 1. The number of hydrogen-bond acceptors (Lipinski definition) is 5. The largest absolute Gasteiger partial charge is 0.488 e. The number of nitrogens with zero attached hydrogens (tertiary/aromatic N) is 3. The van der Waals surface area contributed by atoms with Crippen molar-refractivity contribution in [2.45, 2.75) is 45.2 Å². The number of benzene rings is 1. The molecule has 3 aliphatic rings. The Balaban J connectivity index is 1.39. The second kappa shape index (κ2) is 8.28. The molecule has 0 atom stereocenters. The summed E-state index contributed by atoms with van der Waals surface area (Å²) in [6.07, 6.45) is 5.96. The quantitative estimate of drug-likeness (QED) is 0.661. The number of rotatable bonds is 4. The third kappa shape index (κ3) is 4.01. The van der Waals surface area contributed by atoms with Crippen LogP contribution in [0.2, 0.25) is 0 Å². The van der Waals surface area contributed by atoms with E-state index >= 15 is 0 Å². The van der Waals surface area contributed by atoms with Gasteiger partial charge in [0.25, 0.3) is 5.91 Å². The second-order valence-electron chi connectivity index (χ2n) is 9.27. The van der Waals surface area contributed by atoms with E-state index in [0.29, 0.717) is 56.2 Å². The van der Waals surface area contributed by atoms with Crippen LogP contribution in [0.25, 0.3) is 6.08 Å². The molecule has 1 aromatic carbocycles. The minimum atomic E-state index is -1.21. The molecular weight excluding hydrogens is 421 g/mol. The van der Waals surface area contributed by atoms with E-state index in [4.69, 9.17) is 4.74 Å². The zero-order valence-corrected chi connectivity index (χ0v) is 19.1. The summed E-state index contributed by atoms with van der Waals surface area (Å²) in [5.41, 5.74) is 2.72. The zero-order chi connectivity index (χ0) is 23.2. The molecule has 0 bridgehead atoms. The van der Waals surface area contributed by atoms with Crippen molar-refractivity contribution in [2.75, 3.05) is 31.1 Å². The fraction of sp³-hybridized carbons (Fsp3) is 0.423. The van der Waals surface area contributed by atoms with E-state index in [9.17, 15) is 14.0 Å². The number of amides is 1. The van der Waals surface area contributed by atoms with Crippen LogP contribution in [0.5, 0.6) is 5.75 Å². The van der Waals surface area contributed by atoms with Crippen molar-refractivity contribution in [2.24, 2.45) is 0 Å². The number of halogens is 1. The maximum Gasteiger partial charge on any atom is 0.255 e. The summed E-state index contributed by atoms with van der Waals surface area (Å²) in [6, 6.07) is 7.58. The van der Waals surface area contributed by atoms with Gasteiger partial charge in [-0.3, -0.25) is 9.59 Å². The Morgan fingerprint density at radius 2 is 2.00 bits per heavy atom. The predicted octanol–water partition coefficient (Wildman–Crippen LogP) is 4.96. The van der Waals surface area contributed by atoms with Gasteiger partial charge in [0, 0.05) is 36.1 Å². The number of fused-ring (bicyclic) bond motifs is 2. The smallest absolute Gasteiger partial charge is 0.255 e. The minimum Gasteiger partial charge on any atom is -0.488 e. The highest BCUT2D eigenvalue weighted by Gasteiger charge is 2.33. The summed E-state index contributed by atoms with van der Waals surface area (Å²) in [6.45, 7) is 5.54. The molecule has 0 saturated carbocycles. The number of alkyl halides is 1. The van der Waals surface area contributed by atoms with E-state index in [-0.39, 0.29) is 11.7 Å². The highest BCUT2D eigenvalue weighted by Crippen LogP contribution is 2.38. The molecule has 1 amide bonds. The Kier molecular flexibility index (Phi) is 5.43. The number of carbonyl (C=O) groups excluding carboxylic acids is 2.